The third-order valence-electron chi connectivity index (χ3n) is 3.26. The number of aromatic nitrogens is 2. The maximum absolute atomic E-state index is 5.85. The van der Waals surface area contributed by atoms with Gasteiger partial charge in [0.05, 0.1) is 0 Å². The summed E-state index contributed by atoms with van der Waals surface area (Å²) in [4.78, 5) is 10.4. The summed E-state index contributed by atoms with van der Waals surface area (Å²) in [5, 5.41) is 0. The van der Waals surface area contributed by atoms with E-state index in [4.69, 9.17) is 11.5 Å². The van der Waals surface area contributed by atoms with Crippen LogP contribution in [0.3, 0.4) is 0 Å². The first-order valence-electron chi connectivity index (χ1n) is 6.13. The van der Waals surface area contributed by atoms with E-state index in [1.165, 1.54) is 6.42 Å². The molecule has 1 saturated heterocycles. The van der Waals surface area contributed by atoms with Crippen molar-refractivity contribution < 1.29 is 0 Å². The van der Waals surface area contributed by atoms with E-state index in [0.29, 0.717) is 5.82 Å². The van der Waals surface area contributed by atoms with Crippen LogP contribution in [0.1, 0.15) is 25.8 Å². The zero-order valence-electron chi connectivity index (χ0n) is 10.6. The predicted octanol–water partition coefficient (Wildman–Crippen LogP) is 1.12. The highest BCUT2D eigenvalue weighted by Crippen LogP contribution is 2.23. The lowest BCUT2D eigenvalue weighted by molar-refractivity contribution is 0.134. The first-order valence-corrected chi connectivity index (χ1v) is 6.13. The number of rotatable bonds is 2. The van der Waals surface area contributed by atoms with Crippen molar-refractivity contribution in [3.8, 4) is 0 Å². The Balaban J connectivity index is 2.04. The molecule has 5 heteroatoms. The summed E-state index contributed by atoms with van der Waals surface area (Å²) in [6.07, 6.45) is 3.05. The molecular weight excluding hydrogens is 214 g/mol. The SMILES string of the molecule is CC1CC(C)CN(Cc2cnc(N)nc2N)C1. The van der Waals surface area contributed by atoms with Crippen LogP contribution in [0.5, 0.6) is 0 Å². The first-order chi connectivity index (χ1) is 8.04. The van der Waals surface area contributed by atoms with E-state index in [-0.39, 0.29) is 5.95 Å². The second kappa shape index (κ2) is 4.87. The highest BCUT2D eigenvalue weighted by atomic mass is 15.1. The first kappa shape index (κ1) is 12.1. The summed E-state index contributed by atoms with van der Waals surface area (Å²) in [6, 6.07) is 0. The molecule has 0 radical (unpaired) electrons. The fourth-order valence-electron chi connectivity index (χ4n) is 2.72. The molecule has 0 amide bonds. The van der Waals surface area contributed by atoms with E-state index < -0.39 is 0 Å². The average molecular weight is 235 g/mol. The molecule has 0 spiro atoms. The van der Waals surface area contributed by atoms with Crippen LogP contribution in [0.25, 0.3) is 0 Å². The third kappa shape index (κ3) is 3.06. The van der Waals surface area contributed by atoms with Crippen molar-refractivity contribution in [2.45, 2.75) is 26.8 Å². The van der Waals surface area contributed by atoms with Crippen molar-refractivity contribution in [3.63, 3.8) is 0 Å². The lowest BCUT2D eigenvalue weighted by Gasteiger charge is -2.34. The highest BCUT2D eigenvalue weighted by Gasteiger charge is 2.22. The second-order valence-corrected chi connectivity index (χ2v) is 5.28. The molecule has 5 nitrogen and oxygen atoms in total. The Bertz CT molecular complexity index is 382. The van der Waals surface area contributed by atoms with Gasteiger partial charge < -0.3 is 11.5 Å². The van der Waals surface area contributed by atoms with Gasteiger partial charge in [0, 0.05) is 31.4 Å². The van der Waals surface area contributed by atoms with Crippen LogP contribution in [0, 0.1) is 11.8 Å². The van der Waals surface area contributed by atoms with Crippen LogP contribution in [0.15, 0.2) is 6.20 Å². The molecule has 1 aromatic heterocycles. The van der Waals surface area contributed by atoms with Gasteiger partial charge in [-0.3, -0.25) is 4.90 Å². The van der Waals surface area contributed by atoms with Gasteiger partial charge in [-0.15, -0.1) is 0 Å². The quantitative estimate of drug-likeness (QED) is 0.802. The van der Waals surface area contributed by atoms with Crippen molar-refractivity contribution in [2.75, 3.05) is 24.6 Å². The number of likely N-dealkylation sites (tertiary alicyclic amines) is 1. The molecule has 1 aliphatic heterocycles. The topological polar surface area (TPSA) is 81.1 Å². The molecule has 0 aliphatic carbocycles. The Hall–Kier alpha value is -1.36. The Kier molecular flexibility index (Phi) is 3.47. The van der Waals surface area contributed by atoms with Gasteiger partial charge in [0.1, 0.15) is 5.82 Å². The van der Waals surface area contributed by atoms with Crippen LogP contribution in [0.2, 0.25) is 0 Å². The monoisotopic (exact) mass is 235 g/mol. The maximum atomic E-state index is 5.85. The molecule has 17 heavy (non-hydrogen) atoms. The van der Waals surface area contributed by atoms with Crippen LogP contribution < -0.4 is 11.5 Å². The van der Waals surface area contributed by atoms with Gasteiger partial charge in [0.2, 0.25) is 5.95 Å². The second-order valence-electron chi connectivity index (χ2n) is 5.28. The molecule has 2 rings (SSSR count). The summed E-state index contributed by atoms with van der Waals surface area (Å²) < 4.78 is 0. The number of nitrogen functional groups attached to an aromatic ring is 2. The van der Waals surface area contributed by atoms with Crippen molar-refractivity contribution >= 4 is 11.8 Å². The molecule has 2 unspecified atom stereocenters. The number of anilines is 2. The van der Waals surface area contributed by atoms with E-state index in [1.807, 2.05) is 0 Å². The van der Waals surface area contributed by atoms with Gasteiger partial charge in [0.15, 0.2) is 0 Å². The fraction of sp³-hybridized carbons (Fsp3) is 0.667. The van der Waals surface area contributed by atoms with Crippen molar-refractivity contribution in [1.29, 1.82) is 0 Å². The molecule has 1 aliphatic rings. The Morgan fingerprint density at radius 1 is 1.29 bits per heavy atom. The van der Waals surface area contributed by atoms with Crippen LogP contribution >= 0.6 is 0 Å². The summed E-state index contributed by atoms with van der Waals surface area (Å²) in [5.74, 6) is 2.24. The van der Waals surface area contributed by atoms with Crippen LogP contribution in [-0.4, -0.2) is 28.0 Å². The van der Waals surface area contributed by atoms with Crippen LogP contribution in [0.4, 0.5) is 11.8 Å². The van der Waals surface area contributed by atoms with Gasteiger partial charge in [0.25, 0.3) is 0 Å². The number of piperidine rings is 1. The molecule has 0 aromatic carbocycles. The summed E-state index contributed by atoms with van der Waals surface area (Å²) in [6.45, 7) is 7.65. The largest absolute Gasteiger partial charge is 0.383 e. The lowest BCUT2D eigenvalue weighted by Crippen LogP contribution is -2.38. The molecule has 2 atom stereocenters. The van der Waals surface area contributed by atoms with Gasteiger partial charge in [-0.2, -0.15) is 4.98 Å². The standard InChI is InChI=1S/C12H21N5/c1-8-3-9(2)6-17(5-8)7-10-4-15-12(14)16-11(10)13/h4,8-9H,3,5-7H2,1-2H3,(H4,13,14,15,16). The summed E-state index contributed by atoms with van der Waals surface area (Å²) in [5.41, 5.74) is 12.3. The van der Waals surface area contributed by atoms with Crippen molar-refractivity contribution in [1.82, 2.24) is 14.9 Å². The van der Waals surface area contributed by atoms with E-state index in [0.717, 1.165) is 37.0 Å². The molecule has 0 bridgehead atoms. The molecule has 1 fully saturated rings. The minimum atomic E-state index is 0.242. The van der Waals surface area contributed by atoms with Crippen molar-refractivity contribution in [3.05, 3.63) is 11.8 Å². The molecule has 0 saturated carbocycles. The van der Waals surface area contributed by atoms with Crippen molar-refractivity contribution in [2.24, 2.45) is 11.8 Å². The van der Waals surface area contributed by atoms with E-state index >= 15 is 0 Å². The smallest absolute Gasteiger partial charge is 0.221 e. The zero-order valence-corrected chi connectivity index (χ0v) is 10.6. The summed E-state index contributed by atoms with van der Waals surface area (Å²) in [7, 11) is 0. The molecule has 2 heterocycles. The Morgan fingerprint density at radius 3 is 2.53 bits per heavy atom. The lowest BCUT2D eigenvalue weighted by atomic mass is 9.92. The normalized spacial score (nSPS) is 26.0. The molecule has 4 N–H and O–H groups in total. The Labute approximate surface area is 102 Å². The third-order valence-corrected chi connectivity index (χ3v) is 3.26. The molecule has 94 valence electrons. The van der Waals surface area contributed by atoms with Gasteiger partial charge in [-0.25, -0.2) is 4.98 Å². The van der Waals surface area contributed by atoms with Gasteiger partial charge >= 0.3 is 0 Å². The average Bonchev–Trinajstić information content (AvgIpc) is 2.21. The highest BCUT2D eigenvalue weighted by molar-refractivity contribution is 5.41. The number of nitrogens with zero attached hydrogens (tertiary/aromatic N) is 3. The minimum Gasteiger partial charge on any atom is -0.383 e. The number of hydrogen-bond donors (Lipinski definition) is 2. The zero-order chi connectivity index (χ0) is 12.4. The number of hydrogen-bond acceptors (Lipinski definition) is 5. The van der Waals surface area contributed by atoms with E-state index in [9.17, 15) is 0 Å². The fourth-order valence-corrected chi connectivity index (χ4v) is 2.72. The summed E-state index contributed by atoms with van der Waals surface area (Å²) >= 11 is 0. The molecule has 1 aromatic rings. The van der Waals surface area contributed by atoms with Gasteiger partial charge in [-0.1, -0.05) is 13.8 Å². The van der Waals surface area contributed by atoms with Crippen LogP contribution in [-0.2, 0) is 6.54 Å². The van der Waals surface area contributed by atoms with E-state index in [2.05, 4.69) is 28.7 Å². The number of nitrogens with two attached hydrogens (primary N) is 2. The Morgan fingerprint density at radius 2 is 1.94 bits per heavy atom. The van der Waals surface area contributed by atoms with E-state index in [1.54, 1.807) is 6.20 Å². The molecular formula is C12H21N5. The predicted molar refractivity (Wildman–Crippen MR) is 69.1 cm³/mol. The van der Waals surface area contributed by atoms with Gasteiger partial charge in [-0.05, 0) is 18.3 Å². The maximum Gasteiger partial charge on any atom is 0.221 e. The minimum absolute atomic E-state index is 0.242.